The van der Waals surface area contributed by atoms with E-state index in [1.165, 1.54) is 0 Å². The molecular weight excluding hydrogens is 256 g/mol. The van der Waals surface area contributed by atoms with Gasteiger partial charge in [-0.2, -0.15) is 17.6 Å². The topological polar surface area (TPSA) is 77.4 Å². The van der Waals surface area contributed by atoms with Crippen LogP contribution in [0, 0.1) is 7.43 Å². The minimum absolute atomic E-state index is 0. The highest BCUT2D eigenvalue weighted by atomic mass is 32.2. The molecule has 0 heterocycles. The molecule has 0 aromatic heterocycles. The first-order valence-electron chi connectivity index (χ1n) is 3.88. The number of aliphatic hydroxyl groups is 1. The van der Waals surface area contributed by atoms with Crippen LogP contribution in [0.5, 0.6) is 0 Å². The van der Waals surface area contributed by atoms with Gasteiger partial charge < -0.3 is 9.66 Å². The van der Waals surface area contributed by atoms with Gasteiger partial charge >= 0.3 is 11.2 Å². The highest BCUT2D eigenvalue weighted by Gasteiger charge is 2.60. The molecule has 0 aliphatic carbocycles. The number of unbranched alkanes of at least 4 members (excludes halogenated alkanes) is 1. The lowest BCUT2D eigenvalue weighted by Gasteiger charge is -2.28. The van der Waals surface area contributed by atoms with Gasteiger partial charge in [-0.15, -0.1) is 0 Å². The molecule has 16 heavy (non-hydrogen) atoms. The largest absolute Gasteiger partial charge is 0.743 e. The first-order valence-corrected chi connectivity index (χ1v) is 5.29. The molecule has 0 radical (unpaired) electrons. The molecule has 0 aromatic carbocycles. The number of halogens is 4. The third-order valence-corrected chi connectivity index (χ3v) is 2.57. The van der Waals surface area contributed by atoms with E-state index in [9.17, 15) is 30.5 Å². The van der Waals surface area contributed by atoms with Gasteiger partial charge in [0.05, 0.1) is 0 Å². The summed E-state index contributed by atoms with van der Waals surface area (Å²) in [6.07, 6.45) is -2.15. The predicted molar refractivity (Wildman–Crippen MR) is 46.9 cm³/mol. The first-order chi connectivity index (χ1) is 6.56. The SMILES string of the molecule is O=S(=O)([O-])C(F)(F)C(F)(F)CCCCO.[CH3+]. The van der Waals surface area contributed by atoms with Crippen molar-refractivity contribution in [2.24, 2.45) is 0 Å². The highest BCUT2D eigenvalue weighted by Crippen LogP contribution is 2.41. The molecule has 0 aliphatic rings. The molecule has 0 spiro atoms. The predicted octanol–water partition coefficient (Wildman–Crippen LogP) is 1.37. The molecule has 0 amide bonds. The average molecular weight is 268 g/mol. The van der Waals surface area contributed by atoms with Crippen LogP contribution in [0.2, 0.25) is 0 Å². The van der Waals surface area contributed by atoms with Gasteiger partial charge in [-0.05, 0) is 12.8 Å². The van der Waals surface area contributed by atoms with Crippen molar-refractivity contribution in [2.45, 2.75) is 30.4 Å². The van der Waals surface area contributed by atoms with E-state index in [0.717, 1.165) is 0 Å². The summed E-state index contributed by atoms with van der Waals surface area (Å²) in [5, 5.41) is 2.60. The van der Waals surface area contributed by atoms with E-state index in [2.05, 4.69) is 0 Å². The van der Waals surface area contributed by atoms with Crippen molar-refractivity contribution in [1.82, 2.24) is 0 Å². The van der Waals surface area contributed by atoms with Gasteiger partial charge in [0.2, 0.25) is 0 Å². The van der Waals surface area contributed by atoms with Gasteiger partial charge in [-0.25, -0.2) is 8.42 Å². The standard InChI is InChI=1S/C6H10F4O4S.CH3/c7-5(8,3-1-2-4-11)6(9,10)15(12,13)14;/h11H,1-4H2,(H,12,13,14);1H3/q;+1/p-1. The van der Waals surface area contributed by atoms with Gasteiger partial charge in [0.25, 0.3) is 0 Å². The van der Waals surface area contributed by atoms with Crippen LogP contribution in [0.3, 0.4) is 0 Å². The Hall–Kier alpha value is -0.540. The second kappa shape index (κ2) is 5.69. The zero-order valence-electron chi connectivity index (χ0n) is 8.42. The lowest BCUT2D eigenvalue weighted by atomic mass is 10.1. The Labute approximate surface area is 91.0 Å². The number of hydrogen-bond acceptors (Lipinski definition) is 4. The van der Waals surface area contributed by atoms with Crippen molar-refractivity contribution in [3.05, 3.63) is 7.43 Å². The van der Waals surface area contributed by atoms with Crippen LogP contribution in [0.4, 0.5) is 17.6 Å². The molecule has 1 N–H and O–H groups in total. The van der Waals surface area contributed by atoms with Gasteiger partial charge in [-0.3, -0.25) is 0 Å². The van der Waals surface area contributed by atoms with E-state index in [0.29, 0.717) is 0 Å². The molecule has 0 atom stereocenters. The average Bonchev–Trinajstić information content (AvgIpc) is 2.02. The van der Waals surface area contributed by atoms with Crippen LogP contribution in [0.25, 0.3) is 0 Å². The van der Waals surface area contributed by atoms with Crippen LogP contribution in [0.1, 0.15) is 19.3 Å². The zero-order chi connectivity index (χ0) is 12.3. The Morgan fingerprint density at radius 3 is 1.88 bits per heavy atom. The fraction of sp³-hybridized carbons (Fsp3) is 0.857. The molecule has 0 saturated heterocycles. The summed E-state index contributed by atoms with van der Waals surface area (Å²) in [5.74, 6) is -4.91. The zero-order valence-corrected chi connectivity index (χ0v) is 9.24. The van der Waals surface area contributed by atoms with Crippen LogP contribution < -0.4 is 0 Å². The van der Waals surface area contributed by atoms with E-state index >= 15 is 0 Å². The molecule has 98 valence electrons. The Balaban J connectivity index is 0. The summed E-state index contributed by atoms with van der Waals surface area (Å²) in [6, 6.07) is 0. The van der Waals surface area contributed by atoms with Crippen LogP contribution in [-0.2, 0) is 10.1 Å². The summed E-state index contributed by atoms with van der Waals surface area (Å²) in [6.45, 7) is -0.480. The fourth-order valence-electron chi connectivity index (χ4n) is 0.787. The van der Waals surface area contributed by atoms with Crippen molar-refractivity contribution in [2.75, 3.05) is 6.61 Å². The monoisotopic (exact) mass is 268 g/mol. The van der Waals surface area contributed by atoms with E-state index in [1.807, 2.05) is 0 Å². The minimum atomic E-state index is -6.39. The molecule has 9 heteroatoms. The molecule has 0 aromatic rings. The maximum absolute atomic E-state index is 12.6. The Kier molecular flexibility index (Phi) is 6.34. The molecule has 0 saturated carbocycles. The van der Waals surface area contributed by atoms with Crippen molar-refractivity contribution in [3.8, 4) is 0 Å². The molecule has 0 unspecified atom stereocenters. The summed E-state index contributed by atoms with van der Waals surface area (Å²) < 4.78 is 79.8. The molecule has 4 nitrogen and oxygen atoms in total. The van der Waals surface area contributed by atoms with Gasteiger partial charge in [0.15, 0.2) is 10.1 Å². The second-order valence-electron chi connectivity index (χ2n) is 2.86. The number of rotatable bonds is 6. The lowest BCUT2D eigenvalue weighted by Crippen LogP contribution is -2.46. The number of alkyl halides is 4. The van der Waals surface area contributed by atoms with E-state index in [-0.39, 0.29) is 13.8 Å². The summed E-state index contributed by atoms with van der Waals surface area (Å²) in [7, 11) is -6.39. The highest BCUT2D eigenvalue weighted by molar-refractivity contribution is 7.86. The summed E-state index contributed by atoms with van der Waals surface area (Å²) in [5.41, 5.74) is 0. The van der Waals surface area contributed by atoms with E-state index in [4.69, 9.17) is 5.11 Å². The fourth-order valence-corrected chi connectivity index (χ4v) is 1.26. The van der Waals surface area contributed by atoms with Gasteiger partial charge in [0.1, 0.15) is 0 Å². The second-order valence-corrected chi connectivity index (χ2v) is 4.28. The Bertz CT molecular complexity index is 302. The Morgan fingerprint density at radius 1 is 1.12 bits per heavy atom. The Morgan fingerprint density at radius 2 is 1.56 bits per heavy atom. The lowest BCUT2D eigenvalue weighted by molar-refractivity contribution is -0.165. The molecular formula is C7H12F4O4S. The summed E-state index contributed by atoms with van der Waals surface area (Å²) >= 11 is 0. The van der Waals surface area contributed by atoms with Gasteiger partial charge in [0, 0.05) is 20.5 Å². The number of aliphatic hydroxyl groups excluding tert-OH is 1. The van der Waals surface area contributed by atoms with E-state index in [1.54, 1.807) is 0 Å². The van der Waals surface area contributed by atoms with Crippen molar-refractivity contribution >= 4 is 10.1 Å². The quantitative estimate of drug-likeness (QED) is 0.341. The smallest absolute Gasteiger partial charge is 0.396 e. The molecule has 0 fully saturated rings. The van der Waals surface area contributed by atoms with Crippen LogP contribution in [0.15, 0.2) is 0 Å². The normalized spacial score (nSPS) is 13.4. The summed E-state index contributed by atoms with van der Waals surface area (Å²) in [4.78, 5) is 0. The molecule has 0 bridgehead atoms. The van der Waals surface area contributed by atoms with Crippen LogP contribution >= 0.6 is 0 Å². The maximum atomic E-state index is 12.6. The third kappa shape index (κ3) is 3.80. The van der Waals surface area contributed by atoms with Crippen molar-refractivity contribution < 1.29 is 35.6 Å². The number of hydrogen-bond donors (Lipinski definition) is 1. The molecule has 0 aliphatic heterocycles. The van der Waals surface area contributed by atoms with Crippen molar-refractivity contribution in [3.63, 3.8) is 0 Å². The third-order valence-electron chi connectivity index (χ3n) is 1.64. The van der Waals surface area contributed by atoms with Crippen LogP contribution in [-0.4, -0.2) is 35.9 Å². The van der Waals surface area contributed by atoms with E-state index < -0.39 is 40.7 Å². The van der Waals surface area contributed by atoms with Gasteiger partial charge in [-0.1, -0.05) is 0 Å². The first kappa shape index (κ1) is 17.8. The maximum Gasteiger partial charge on any atom is 0.396 e. The van der Waals surface area contributed by atoms with Crippen molar-refractivity contribution in [1.29, 1.82) is 0 Å². The molecule has 0 rings (SSSR count). The minimum Gasteiger partial charge on any atom is -0.743 e.